The van der Waals surface area contributed by atoms with E-state index in [2.05, 4.69) is 10.1 Å². The number of fused-ring (bicyclic) bond motifs is 1. The summed E-state index contributed by atoms with van der Waals surface area (Å²) in [6, 6.07) is 6.42. The number of hydrogen-bond donors (Lipinski definition) is 0. The van der Waals surface area contributed by atoms with Crippen molar-refractivity contribution in [2.24, 2.45) is 7.05 Å². The fourth-order valence-electron chi connectivity index (χ4n) is 3.94. The molecule has 0 bridgehead atoms. The number of methoxy groups -OCH3 is 1. The normalized spacial score (nSPS) is 11.6. The summed E-state index contributed by atoms with van der Waals surface area (Å²) in [5.74, 6) is 1.07. The van der Waals surface area contributed by atoms with Gasteiger partial charge in [0.15, 0.2) is 15.5 Å². The third kappa shape index (κ3) is 5.67. The molecule has 2 heterocycles. The van der Waals surface area contributed by atoms with Crippen LogP contribution in [0.15, 0.2) is 29.2 Å². The summed E-state index contributed by atoms with van der Waals surface area (Å²) < 4.78 is 36.1. The van der Waals surface area contributed by atoms with Crippen LogP contribution in [0.1, 0.15) is 29.7 Å². The van der Waals surface area contributed by atoms with Crippen molar-refractivity contribution in [1.82, 2.24) is 19.7 Å². The maximum absolute atomic E-state index is 12.7. The zero-order valence-corrected chi connectivity index (χ0v) is 21.4. The first-order chi connectivity index (χ1) is 16.0. The van der Waals surface area contributed by atoms with Crippen LogP contribution in [0.5, 0.6) is 11.6 Å². The first-order valence-electron chi connectivity index (χ1n) is 11.1. The van der Waals surface area contributed by atoms with Gasteiger partial charge in [0.25, 0.3) is 0 Å². The average Bonchev–Trinajstić information content (AvgIpc) is 3.11. The summed E-state index contributed by atoms with van der Waals surface area (Å²) >= 11 is 0. The lowest BCUT2D eigenvalue weighted by Crippen LogP contribution is -2.29. The molecule has 0 radical (unpaired) electrons. The molecule has 3 rings (SSSR count). The van der Waals surface area contributed by atoms with Crippen LogP contribution < -0.4 is 9.47 Å². The van der Waals surface area contributed by atoms with Gasteiger partial charge in [-0.05, 0) is 56.0 Å². The average molecular weight is 489 g/mol. The Morgan fingerprint density at radius 1 is 1.24 bits per heavy atom. The number of carbonyl (C=O) groups is 1. The van der Waals surface area contributed by atoms with Crippen molar-refractivity contribution in [3.05, 3.63) is 41.1 Å². The lowest BCUT2D eigenvalue weighted by Gasteiger charge is -2.18. The van der Waals surface area contributed by atoms with E-state index in [0.29, 0.717) is 44.0 Å². The molecule has 0 fully saturated rings. The molecule has 3 aromatic rings. The second-order valence-corrected chi connectivity index (χ2v) is 10.4. The van der Waals surface area contributed by atoms with E-state index >= 15 is 0 Å². The SMILES string of the molecule is COc1nn(C)c2nc(C)c(CCC(=O)N(C)CCCOc3cccc(S(C)(=O)=O)c3)c(C)c12. The molecular weight excluding hydrogens is 456 g/mol. The summed E-state index contributed by atoms with van der Waals surface area (Å²) in [4.78, 5) is 19.3. The molecule has 0 atom stereocenters. The Hall–Kier alpha value is -3.14. The smallest absolute Gasteiger partial charge is 0.242 e. The second-order valence-electron chi connectivity index (χ2n) is 8.40. The van der Waals surface area contributed by atoms with E-state index in [1.165, 1.54) is 12.1 Å². The van der Waals surface area contributed by atoms with Crippen LogP contribution in [0, 0.1) is 13.8 Å². The highest BCUT2D eigenvalue weighted by molar-refractivity contribution is 7.90. The third-order valence-electron chi connectivity index (χ3n) is 5.87. The molecule has 2 aromatic heterocycles. The standard InChI is InChI=1S/C24H32N4O5S/c1-16-20(17(2)25-23-22(16)24(32-5)26-28(23)4)11-12-21(29)27(3)13-8-14-33-18-9-7-10-19(15-18)34(6,30)31/h7,9-10,15H,8,11-14H2,1-6H3. The van der Waals surface area contributed by atoms with Crippen molar-refractivity contribution in [1.29, 1.82) is 0 Å². The van der Waals surface area contributed by atoms with E-state index in [4.69, 9.17) is 9.47 Å². The third-order valence-corrected chi connectivity index (χ3v) is 6.98. The van der Waals surface area contributed by atoms with Gasteiger partial charge in [0.2, 0.25) is 11.8 Å². The largest absolute Gasteiger partial charge is 0.493 e. The number of rotatable bonds is 10. The number of ether oxygens (including phenoxy) is 2. The Morgan fingerprint density at radius 3 is 2.65 bits per heavy atom. The van der Waals surface area contributed by atoms with Gasteiger partial charge in [-0.15, -0.1) is 5.10 Å². The van der Waals surface area contributed by atoms with Crippen molar-refractivity contribution in [3.63, 3.8) is 0 Å². The minimum Gasteiger partial charge on any atom is -0.493 e. The number of hydrogen-bond acceptors (Lipinski definition) is 7. The zero-order valence-electron chi connectivity index (χ0n) is 20.6. The van der Waals surface area contributed by atoms with Gasteiger partial charge in [-0.3, -0.25) is 4.79 Å². The molecule has 0 saturated heterocycles. The molecule has 10 heteroatoms. The molecule has 0 N–H and O–H groups in total. The molecule has 34 heavy (non-hydrogen) atoms. The number of aromatic nitrogens is 3. The molecular formula is C24H32N4O5S. The molecule has 0 aliphatic heterocycles. The van der Waals surface area contributed by atoms with Gasteiger partial charge in [-0.25, -0.2) is 18.1 Å². The van der Waals surface area contributed by atoms with Gasteiger partial charge in [0, 0.05) is 39.0 Å². The van der Waals surface area contributed by atoms with E-state index in [-0.39, 0.29) is 10.8 Å². The van der Waals surface area contributed by atoms with Gasteiger partial charge in [-0.1, -0.05) is 6.07 Å². The quantitative estimate of drug-likeness (QED) is 0.404. The number of benzene rings is 1. The molecule has 0 saturated carbocycles. The molecule has 1 amide bonds. The fourth-order valence-corrected chi connectivity index (χ4v) is 4.60. The van der Waals surface area contributed by atoms with E-state index < -0.39 is 9.84 Å². The Kier molecular flexibility index (Phi) is 7.81. The van der Waals surface area contributed by atoms with Gasteiger partial charge < -0.3 is 14.4 Å². The maximum Gasteiger partial charge on any atom is 0.242 e. The van der Waals surface area contributed by atoms with Gasteiger partial charge in [0.1, 0.15) is 5.75 Å². The van der Waals surface area contributed by atoms with Gasteiger partial charge >= 0.3 is 0 Å². The molecule has 0 spiro atoms. The highest BCUT2D eigenvalue weighted by atomic mass is 32.2. The Bertz CT molecular complexity index is 1300. The number of carbonyl (C=O) groups excluding carboxylic acids is 1. The highest BCUT2D eigenvalue weighted by Crippen LogP contribution is 2.30. The Balaban J connectivity index is 1.54. The number of amides is 1. The van der Waals surface area contributed by atoms with Gasteiger partial charge in [-0.2, -0.15) is 0 Å². The number of nitrogens with zero attached hydrogens (tertiary/aromatic N) is 4. The van der Waals surface area contributed by atoms with Crippen molar-refractivity contribution >= 4 is 26.8 Å². The van der Waals surface area contributed by atoms with Crippen molar-refractivity contribution in [2.45, 2.75) is 38.0 Å². The molecule has 184 valence electrons. The molecule has 1 aromatic carbocycles. The summed E-state index contributed by atoms with van der Waals surface area (Å²) in [6.07, 6.45) is 2.74. The Labute approximate surface area is 200 Å². The maximum atomic E-state index is 12.7. The van der Waals surface area contributed by atoms with Crippen molar-refractivity contribution < 1.29 is 22.7 Å². The van der Waals surface area contributed by atoms with Crippen molar-refractivity contribution in [3.8, 4) is 11.6 Å². The number of pyridine rings is 1. The summed E-state index contributed by atoms with van der Waals surface area (Å²) in [7, 11) is 1.92. The monoisotopic (exact) mass is 488 g/mol. The minimum atomic E-state index is -3.28. The van der Waals surface area contributed by atoms with Crippen LogP contribution in [0.2, 0.25) is 0 Å². The Morgan fingerprint density at radius 2 is 1.97 bits per heavy atom. The lowest BCUT2D eigenvalue weighted by atomic mass is 10.00. The van der Waals surface area contributed by atoms with Crippen LogP contribution in [0.3, 0.4) is 0 Å². The van der Waals surface area contributed by atoms with E-state index in [1.807, 2.05) is 20.9 Å². The number of sulfone groups is 1. The zero-order chi connectivity index (χ0) is 25.0. The van der Waals surface area contributed by atoms with Crippen LogP contribution in [0.25, 0.3) is 11.0 Å². The summed E-state index contributed by atoms with van der Waals surface area (Å²) in [5.41, 5.74) is 3.72. The van der Waals surface area contributed by atoms with E-state index in [9.17, 15) is 13.2 Å². The first kappa shape index (κ1) is 25.5. The molecule has 0 unspecified atom stereocenters. The summed E-state index contributed by atoms with van der Waals surface area (Å²) in [6.45, 7) is 4.88. The van der Waals surface area contributed by atoms with Crippen molar-refractivity contribution in [2.75, 3.05) is 33.6 Å². The van der Waals surface area contributed by atoms with E-state index in [1.54, 1.807) is 35.9 Å². The lowest BCUT2D eigenvalue weighted by molar-refractivity contribution is -0.129. The molecule has 0 aliphatic carbocycles. The van der Waals surface area contributed by atoms with Crippen LogP contribution >= 0.6 is 0 Å². The molecule has 9 nitrogen and oxygen atoms in total. The van der Waals surface area contributed by atoms with Crippen LogP contribution in [-0.4, -0.2) is 67.6 Å². The fraction of sp³-hybridized carbons (Fsp3) is 0.458. The predicted octanol–water partition coefficient (Wildman–Crippen LogP) is 2.86. The van der Waals surface area contributed by atoms with Gasteiger partial charge in [0.05, 0.1) is 24.0 Å². The number of aryl methyl sites for hydroxylation is 3. The topological polar surface area (TPSA) is 104 Å². The van der Waals surface area contributed by atoms with E-state index in [0.717, 1.165) is 34.1 Å². The second kappa shape index (κ2) is 10.4. The molecule has 0 aliphatic rings. The van der Waals surface area contributed by atoms with Crippen LogP contribution in [0.4, 0.5) is 0 Å². The van der Waals surface area contributed by atoms with Crippen LogP contribution in [-0.2, 0) is 28.1 Å². The predicted molar refractivity (Wildman–Crippen MR) is 130 cm³/mol. The summed E-state index contributed by atoms with van der Waals surface area (Å²) in [5, 5.41) is 5.25. The minimum absolute atomic E-state index is 0.0381. The first-order valence-corrected chi connectivity index (χ1v) is 13.0. The highest BCUT2D eigenvalue weighted by Gasteiger charge is 2.19.